The van der Waals surface area contributed by atoms with Gasteiger partial charge in [-0.1, -0.05) is 39.3 Å². The largest absolute Gasteiger partial charge is 3.00 e. The van der Waals surface area contributed by atoms with Crippen LogP contribution in [-0.4, -0.2) is 16.1 Å². The molecule has 1 radical (unpaired) electrons. The van der Waals surface area contributed by atoms with Gasteiger partial charge in [-0.15, -0.1) is 12.8 Å². The van der Waals surface area contributed by atoms with Gasteiger partial charge in [-0.3, -0.25) is 12.2 Å². The standard InChI is InChI=1S/2C8H13Si.Yb.H/c2*1-9(2,3)8-6-4-5-7-8;;/h2*4,6H,5H2,1-3H3;;/q2*-1;+3;-1. The van der Waals surface area contributed by atoms with Crippen LogP contribution in [0.4, 0.5) is 0 Å². The number of hydrogen-bond donors (Lipinski definition) is 0. The summed E-state index contributed by atoms with van der Waals surface area (Å²) in [5.74, 6) is 0. The molecule has 0 saturated heterocycles. The van der Waals surface area contributed by atoms with Crippen LogP contribution >= 0.6 is 0 Å². The Bertz CT molecular complexity index is 367. The quantitative estimate of drug-likeness (QED) is 0.401. The summed E-state index contributed by atoms with van der Waals surface area (Å²) in [4.78, 5) is 0. The molecule has 19 heavy (non-hydrogen) atoms. The minimum Gasteiger partial charge on any atom is -1.00 e. The smallest absolute Gasteiger partial charge is 1.00 e. The van der Waals surface area contributed by atoms with Crippen LogP contribution in [0.3, 0.4) is 0 Å². The third-order valence-corrected chi connectivity index (χ3v) is 6.92. The first-order valence-electron chi connectivity index (χ1n) is 6.77. The van der Waals surface area contributed by atoms with Gasteiger partial charge in [0.1, 0.15) is 0 Å². The molecule has 0 unspecified atom stereocenters. The summed E-state index contributed by atoms with van der Waals surface area (Å²) in [6.45, 7) is 14.1. The van der Waals surface area contributed by atoms with E-state index in [4.69, 9.17) is 0 Å². The Hall–Kier alpha value is 0.913. The molecule has 0 atom stereocenters. The topological polar surface area (TPSA) is 0 Å². The van der Waals surface area contributed by atoms with Crippen LogP contribution in [0.15, 0.2) is 34.7 Å². The third kappa shape index (κ3) is 7.47. The van der Waals surface area contributed by atoms with Crippen molar-refractivity contribution in [3.05, 3.63) is 46.8 Å². The molecule has 3 heteroatoms. The molecule has 0 fully saturated rings. The molecule has 113 valence electrons. The van der Waals surface area contributed by atoms with Gasteiger partial charge in [0.05, 0.1) is 0 Å². The van der Waals surface area contributed by atoms with Crippen molar-refractivity contribution < 1.29 is 48.4 Å². The minimum atomic E-state index is -1.01. The van der Waals surface area contributed by atoms with E-state index in [1.165, 1.54) is 10.4 Å². The molecule has 0 saturated carbocycles. The molecular formula is C16H27Si2Yb. The van der Waals surface area contributed by atoms with Crippen LogP contribution in [0.25, 0.3) is 0 Å². The summed E-state index contributed by atoms with van der Waals surface area (Å²) in [6.07, 6.45) is 17.6. The molecule has 0 aromatic heterocycles. The van der Waals surface area contributed by atoms with Gasteiger partial charge in [-0.05, 0) is 0 Å². The van der Waals surface area contributed by atoms with Crippen molar-refractivity contribution in [2.75, 3.05) is 0 Å². The first-order valence-corrected chi connectivity index (χ1v) is 13.8. The van der Waals surface area contributed by atoms with Gasteiger partial charge in [0, 0.05) is 16.1 Å². The van der Waals surface area contributed by atoms with Crippen LogP contribution in [0, 0.1) is 59.1 Å². The molecule has 2 aliphatic rings. The van der Waals surface area contributed by atoms with Gasteiger partial charge in [-0.2, -0.15) is 12.2 Å². The van der Waals surface area contributed by atoms with Crippen LogP contribution in [-0.2, 0) is 0 Å². The van der Waals surface area contributed by atoms with Gasteiger partial charge < -0.3 is 1.43 Å². The van der Waals surface area contributed by atoms with Crippen molar-refractivity contribution in [3.8, 4) is 0 Å². The second-order valence-corrected chi connectivity index (χ2v) is 17.0. The second kappa shape index (κ2) is 8.38. The van der Waals surface area contributed by atoms with Crippen LogP contribution < -0.4 is 0 Å². The first-order chi connectivity index (χ1) is 8.21. The SMILES string of the molecule is C[Si](C)(C)C1=[C-]CC=C1.C[Si](C)(C)C1=[C-]CC=C1.[H-].[Yb+3]. The third-order valence-electron chi connectivity index (χ3n) is 3.01. The molecule has 0 N–H and O–H groups in total. The zero-order chi connectivity index (χ0) is 13.8. The fourth-order valence-corrected chi connectivity index (χ4v) is 4.34. The average molecular weight is 449 g/mol. The Morgan fingerprint density at radius 2 is 1.11 bits per heavy atom. The van der Waals surface area contributed by atoms with Crippen LogP contribution in [0.1, 0.15) is 14.3 Å². The average Bonchev–Trinajstić information content (AvgIpc) is 2.91. The van der Waals surface area contributed by atoms with Gasteiger partial charge in [0.2, 0.25) is 0 Å². The Kier molecular flexibility index (Phi) is 8.78. The van der Waals surface area contributed by atoms with E-state index in [1.54, 1.807) is 0 Å². The van der Waals surface area contributed by atoms with E-state index < -0.39 is 16.1 Å². The number of rotatable bonds is 2. The summed E-state index contributed by atoms with van der Waals surface area (Å²) in [7, 11) is -2.01. The van der Waals surface area contributed by atoms with E-state index in [0.717, 1.165) is 12.8 Å². The van der Waals surface area contributed by atoms with Crippen molar-refractivity contribution in [1.29, 1.82) is 0 Å². The van der Waals surface area contributed by atoms with E-state index >= 15 is 0 Å². The maximum atomic E-state index is 3.36. The summed E-state index contributed by atoms with van der Waals surface area (Å²) in [5.41, 5.74) is 0. The first kappa shape index (κ1) is 19.9. The maximum Gasteiger partial charge on any atom is 3.00 e. The van der Waals surface area contributed by atoms with E-state index in [-0.39, 0.29) is 48.4 Å². The fourth-order valence-electron chi connectivity index (χ4n) is 1.84. The molecule has 0 spiro atoms. The second-order valence-electron chi connectivity index (χ2n) is 6.89. The van der Waals surface area contributed by atoms with Crippen LogP contribution in [0.5, 0.6) is 0 Å². The van der Waals surface area contributed by atoms with E-state index in [1.807, 2.05) is 0 Å². The molecule has 0 aliphatic heterocycles. The Morgan fingerprint density at radius 1 is 0.789 bits per heavy atom. The molecule has 2 rings (SSSR count). The molecule has 0 aromatic carbocycles. The van der Waals surface area contributed by atoms with Crippen LogP contribution in [0.2, 0.25) is 39.3 Å². The van der Waals surface area contributed by atoms with Crippen molar-refractivity contribution >= 4 is 16.1 Å². The summed E-state index contributed by atoms with van der Waals surface area (Å²) < 4.78 is 0. The van der Waals surface area contributed by atoms with Crippen molar-refractivity contribution in [2.24, 2.45) is 0 Å². The van der Waals surface area contributed by atoms with E-state index in [2.05, 4.69) is 75.7 Å². The van der Waals surface area contributed by atoms with Crippen molar-refractivity contribution in [3.63, 3.8) is 0 Å². The van der Waals surface area contributed by atoms with Crippen molar-refractivity contribution in [2.45, 2.75) is 52.1 Å². The Balaban J connectivity index is 0. The predicted molar refractivity (Wildman–Crippen MR) is 88.8 cm³/mol. The molecule has 0 bridgehead atoms. The summed E-state index contributed by atoms with van der Waals surface area (Å²) in [5, 5.41) is 2.98. The molecule has 0 aromatic rings. The van der Waals surface area contributed by atoms with Gasteiger partial charge in [0.25, 0.3) is 0 Å². The minimum absolute atomic E-state index is 0. The summed E-state index contributed by atoms with van der Waals surface area (Å²) in [6, 6.07) is 0. The molecule has 0 heterocycles. The van der Waals surface area contributed by atoms with Crippen molar-refractivity contribution in [1.82, 2.24) is 0 Å². The number of allylic oxidation sites excluding steroid dienone is 8. The Labute approximate surface area is 161 Å². The van der Waals surface area contributed by atoms with Gasteiger partial charge in [-0.25, -0.2) is 22.5 Å². The zero-order valence-corrected chi connectivity index (χ0v) is 16.7. The predicted octanol–water partition coefficient (Wildman–Crippen LogP) is 5.22. The molecule has 0 nitrogen and oxygen atoms in total. The Morgan fingerprint density at radius 3 is 1.21 bits per heavy atom. The van der Waals surface area contributed by atoms with Gasteiger partial charge >= 0.3 is 46.9 Å². The maximum absolute atomic E-state index is 3.36. The molecule has 0 amide bonds. The number of hydrogen-bond acceptors (Lipinski definition) is 0. The molecular weight excluding hydrogens is 421 g/mol. The van der Waals surface area contributed by atoms with E-state index in [0.29, 0.717) is 0 Å². The van der Waals surface area contributed by atoms with Gasteiger partial charge in [0.15, 0.2) is 0 Å². The zero-order valence-electron chi connectivity index (χ0n) is 14.0. The van der Waals surface area contributed by atoms with E-state index in [9.17, 15) is 0 Å². The summed E-state index contributed by atoms with van der Waals surface area (Å²) >= 11 is 0. The fraction of sp³-hybridized carbons (Fsp3) is 0.500. The normalized spacial score (nSPS) is 17.4. The monoisotopic (exact) mass is 449 g/mol. The molecule has 2 aliphatic carbocycles.